The summed E-state index contributed by atoms with van der Waals surface area (Å²) in [5.74, 6) is 0.528. The van der Waals surface area contributed by atoms with Crippen LogP contribution in [-0.4, -0.2) is 39.3 Å². The van der Waals surface area contributed by atoms with Gasteiger partial charge in [-0.1, -0.05) is 0 Å². The fraction of sp³-hybridized carbons (Fsp3) is 1.00. The van der Waals surface area contributed by atoms with Crippen LogP contribution in [0.5, 0.6) is 0 Å². The maximum Gasteiger partial charge on any atom is 0.212 e. The van der Waals surface area contributed by atoms with Gasteiger partial charge in [-0.15, -0.1) is 11.6 Å². The van der Waals surface area contributed by atoms with E-state index in [0.717, 1.165) is 0 Å². The molecule has 0 atom stereocenters. The van der Waals surface area contributed by atoms with Gasteiger partial charge in [0.25, 0.3) is 0 Å². The van der Waals surface area contributed by atoms with Crippen molar-refractivity contribution in [1.82, 2.24) is 4.72 Å². The van der Waals surface area contributed by atoms with E-state index in [1.807, 2.05) is 13.8 Å². The molecule has 0 aromatic carbocycles. The molecule has 0 amide bonds. The average Bonchev–Trinajstić information content (AvgIpc) is 2.01. The first-order chi connectivity index (χ1) is 6.83. The van der Waals surface area contributed by atoms with E-state index in [9.17, 15) is 8.42 Å². The molecule has 0 rings (SSSR count). The first-order valence-corrected chi connectivity index (χ1v) is 7.08. The summed E-state index contributed by atoms with van der Waals surface area (Å²) < 4.78 is 30.6. The summed E-state index contributed by atoms with van der Waals surface area (Å²) in [6.45, 7) is 4.10. The molecule has 0 aromatic rings. The maximum atomic E-state index is 11.6. The van der Waals surface area contributed by atoms with Crippen LogP contribution in [-0.2, 0) is 14.8 Å². The molecule has 0 radical (unpaired) electrons. The Labute approximate surface area is 97.4 Å². The van der Waals surface area contributed by atoms with Gasteiger partial charge in [-0.3, -0.25) is 0 Å². The Morgan fingerprint density at radius 3 is 2.47 bits per heavy atom. The molecule has 0 spiro atoms. The molecule has 1 N–H and O–H groups in total. The lowest BCUT2D eigenvalue weighted by Gasteiger charge is -2.24. The van der Waals surface area contributed by atoms with Gasteiger partial charge in [0, 0.05) is 25.1 Å². The van der Waals surface area contributed by atoms with Crippen molar-refractivity contribution < 1.29 is 13.2 Å². The van der Waals surface area contributed by atoms with Crippen molar-refractivity contribution in [3.05, 3.63) is 0 Å². The Kier molecular flexibility index (Phi) is 6.75. The molecule has 0 heterocycles. The van der Waals surface area contributed by atoms with Crippen molar-refractivity contribution in [3.63, 3.8) is 0 Å². The van der Waals surface area contributed by atoms with Gasteiger partial charge < -0.3 is 4.74 Å². The first-order valence-electron chi connectivity index (χ1n) is 4.89. The van der Waals surface area contributed by atoms with E-state index in [1.165, 1.54) is 0 Å². The van der Waals surface area contributed by atoms with Gasteiger partial charge in [-0.2, -0.15) is 0 Å². The van der Waals surface area contributed by atoms with E-state index in [2.05, 4.69) is 4.72 Å². The maximum absolute atomic E-state index is 11.6. The number of hydrogen-bond acceptors (Lipinski definition) is 3. The Bertz CT molecular complexity index is 265. The van der Waals surface area contributed by atoms with Crippen LogP contribution < -0.4 is 4.72 Å². The largest absolute Gasteiger partial charge is 0.385 e. The van der Waals surface area contributed by atoms with Gasteiger partial charge in [-0.05, 0) is 26.7 Å². The van der Waals surface area contributed by atoms with Gasteiger partial charge in [0.15, 0.2) is 0 Å². The van der Waals surface area contributed by atoms with E-state index < -0.39 is 15.6 Å². The van der Waals surface area contributed by atoms with Crippen LogP contribution in [0.2, 0.25) is 0 Å². The average molecular weight is 258 g/mol. The number of hydrogen-bond donors (Lipinski definition) is 1. The van der Waals surface area contributed by atoms with Crippen molar-refractivity contribution >= 4 is 21.6 Å². The van der Waals surface area contributed by atoms with Crippen LogP contribution in [0.4, 0.5) is 0 Å². The van der Waals surface area contributed by atoms with Gasteiger partial charge in [0.05, 0.1) is 5.75 Å². The molecule has 0 fully saturated rings. The molecule has 4 nitrogen and oxygen atoms in total. The number of halogens is 1. The second kappa shape index (κ2) is 6.68. The van der Waals surface area contributed by atoms with Crippen molar-refractivity contribution in [1.29, 1.82) is 0 Å². The molecule has 0 aliphatic heterocycles. The van der Waals surface area contributed by atoms with Crippen molar-refractivity contribution in [2.45, 2.75) is 32.2 Å². The summed E-state index contributed by atoms with van der Waals surface area (Å²) in [6, 6.07) is 0. The summed E-state index contributed by atoms with van der Waals surface area (Å²) >= 11 is 5.59. The van der Waals surface area contributed by atoms with Gasteiger partial charge in [0.2, 0.25) is 10.0 Å². The number of methoxy groups -OCH3 is 1. The van der Waals surface area contributed by atoms with Gasteiger partial charge in [0.1, 0.15) is 0 Å². The highest BCUT2D eigenvalue weighted by Crippen LogP contribution is 2.11. The highest BCUT2D eigenvalue weighted by Gasteiger charge is 2.23. The molecule has 0 aliphatic carbocycles. The molecule has 0 bridgehead atoms. The van der Waals surface area contributed by atoms with E-state index in [4.69, 9.17) is 16.3 Å². The standard InChI is InChI=1S/C9H20ClNO3S/c1-9(2,5-6-10)11-15(12,13)8-4-7-14-3/h11H,4-8H2,1-3H3. The van der Waals surface area contributed by atoms with Crippen LogP contribution in [0.15, 0.2) is 0 Å². The van der Waals surface area contributed by atoms with Crippen LogP contribution >= 0.6 is 11.6 Å². The Morgan fingerprint density at radius 2 is 2.00 bits per heavy atom. The summed E-state index contributed by atoms with van der Waals surface area (Å²) in [5, 5.41) is 0. The monoisotopic (exact) mass is 257 g/mol. The van der Waals surface area contributed by atoms with Crippen molar-refractivity contribution in [3.8, 4) is 0 Å². The zero-order valence-electron chi connectivity index (χ0n) is 9.55. The first kappa shape index (κ1) is 15.2. The minimum absolute atomic E-state index is 0.0898. The predicted octanol–water partition coefficient (Wildman–Crippen LogP) is 1.35. The zero-order chi connectivity index (χ0) is 11.9. The third kappa shape index (κ3) is 8.02. The highest BCUT2D eigenvalue weighted by molar-refractivity contribution is 7.89. The quantitative estimate of drug-likeness (QED) is 0.528. The Morgan fingerprint density at radius 1 is 1.40 bits per heavy atom. The zero-order valence-corrected chi connectivity index (χ0v) is 11.1. The number of sulfonamides is 1. The molecule has 0 saturated heterocycles. The summed E-state index contributed by atoms with van der Waals surface area (Å²) in [5.41, 5.74) is -0.479. The topological polar surface area (TPSA) is 55.4 Å². The van der Waals surface area contributed by atoms with Crippen LogP contribution in [0, 0.1) is 0 Å². The van der Waals surface area contributed by atoms with Crippen LogP contribution in [0.25, 0.3) is 0 Å². The summed E-state index contributed by atoms with van der Waals surface area (Å²) in [6.07, 6.45) is 1.11. The van der Waals surface area contributed by atoms with E-state index in [-0.39, 0.29) is 5.75 Å². The predicted molar refractivity (Wildman–Crippen MR) is 62.8 cm³/mol. The lowest BCUT2D eigenvalue weighted by atomic mass is 10.0. The number of nitrogens with one attached hydrogen (secondary N) is 1. The second-order valence-electron chi connectivity index (χ2n) is 4.09. The molecule has 92 valence electrons. The molecular weight excluding hydrogens is 238 g/mol. The van der Waals surface area contributed by atoms with E-state index in [0.29, 0.717) is 25.3 Å². The Hall–Kier alpha value is 0.160. The van der Waals surface area contributed by atoms with Gasteiger partial charge >= 0.3 is 0 Å². The second-order valence-corrected chi connectivity index (χ2v) is 6.31. The van der Waals surface area contributed by atoms with Crippen molar-refractivity contribution in [2.24, 2.45) is 0 Å². The van der Waals surface area contributed by atoms with Crippen LogP contribution in [0.3, 0.4) is 0 Å². The minimum atomic E-state index is -3.22. The SMILES string of the molecule is COCCCS(=O)(=O)NC(C)(C)CCCl. The Balaban J connectivity index is 4.13. The molecule has 0 aliphatic rings. The van der Waals surface area contributed by atoms with Crippen molar-refractivity contribution in [2.75, 3.05) is 25.3 Å². The molecule has 15 heavy (non-hydrogen) atoms. The fourth-order valence-corrected chi connectivity index (χ4v) is 3.17. The molecular formula is C9H20ClNO3S. The normalized spacial score (nSPS) is 13.1. The van der Waals surface area contributed by atoms with Crippen LogP contribution in [0.1, 0.15) is 26.7 Å². The lowest BCUT2D eigenvalue weighted by molar-refractivity contribution is 0.199. The van der Waals surface area contributed by atoms with E-state index in [1.54, 1.807) is 7.11 Å². The molecule has 0 saturated carbocycles. The highest BCUT2D eigenvalue weighted by atomic mass is 35.5. The van der Waals surface area contributed by atoms with E-state index >= 15 is 0 Å². The lowest BCUT2D eigenvalue weighted by Crippen LogP contribution is -2.44. The number of alkyl halides is 1. The molecule has 0 unspecified atom stereocenters. The smallest absolute Gasteiger partial charge is 0.212 e. The van der Waals surface area contributed by atoms with Gasteiger partial charge in [-0.25, -0.2) is 13.1 Å². The summed E-state index contributed by atoms with van der Waals surface area (Å²) in [4.78, 5) is 0. The number of rotatable bonds is 8. The third-order valence-corrected chi connectivity index (χ3v) is 3.79. The molecule has 6 heteroatoms. The minimum Gasteiger partial charge on any atom is -0.385 e. The number of ether oxygens (including phenoxy) is 1. The molecule has 0 aromatic heterocycles. The summed E-state index contributed by atoms with van der Waals surface area (Å²) in [7, 11) is -1.67. The third-order valence-electron chi connectivity index (χ3n) is 1.91. The fourth-order valence-electron chi connectivity index (χ4n) is 1.15.